The molecule has 1 saturated carbocycles. The highest BCUT2D eigenvalue weighted by Crippen LogP contribution is 2.29. The van der Waals surface area contributed by atoms with Gasteiger partial charge in [-0.15, -0.1) is 0 Å². The van der Waals surface area contributed by atoms with Gasteiger partial charge in [-0.25, -0.2) is 0 Å². The number of nitriles is 1. The molecule has 1 fully saturated rings. The van der Waals surface area contributed by atoms with Crippen LogP contribution in [0.15, 0.2) is 22.7 Å². The molecule has 0 radical (unpaired) electrons. The van der Waals surface area contributed by atoms with E-state index in [2.05, 4.69) is 22.0 Å². The third kappa shape index (κ3) is 3.22. The quantitative estimate of drug-likeness (QED) is 0.615. The first kappa shape index (κ1) is 11.4. The molecule has 0 atom stereocenters. The molecule has 0 amide bonds. The minimum Gasteiger partial charge on any atom is -0.466 e. The van der Waals surface area contributed by atoms with E-state index >= 15 is 0 Å². The molecule has 0 unspecified atom stereocenters. The highest BCUT2D eigenvalue weighted by Gasteiger charge is 2.21. The van der Waals surface area contributed by atoms with Gasteiger partial charge in [-0.05, 0) is 37.0 Å². The fourth-order valence-corrected chi connectivity index (χ4v) is 1.68. The molecule has 0 aromatic heterocycles. The van der Waals surface area contributed by atoms with E-state index in [1.165, 1.54) is 12.8 Å². The lowest BCUT2D eigenvalue weighted by Gasteiger charge is -2.08. The van der Waals surface area contributed by atoms with Crippen molar-refractivity contribution in [1.29, 1.82) is 5.26 Å². The molecular weight excluding hydrogens is 270 g/mol. The van der Waals surface area contributed by atoms with Gasteiger partial charge >= 0.3 is 0 Å². The molecule has 2 rings (SSSR count). The van der Waals surface area contributed by atoms with Crippen molar-refractivity contribution < 1.29 is 9.47 Å². The predicted octanol–water partition coefficient (Wildman–Crippen LogP) is 3.08. The Hall–Kier alpha value is -1.05. The third-order valence-corrected chi connectivity index (χ3v) is 2.90. The number of halogens is 1. The Morgan fingerprint density at radius 2 is 2.25 bits per heavy atom. The van der Waals surface area contributed by atoms with Crippen LogP contribution in [0.1, 0.15) is 18.4 Å². The molecule has 16 heavy (non-hydrogen) atoms. The van der Waals surface area contributed by atoms with Crippen molar-refractivity contribution in [2.45, 2.75) is 12.8 Å². The highest BCUT2D eigenvalue weighted by molar-refractivity contribution is 9.10. The molecule has 4 heteroatoms. The topological polar surface area (TPSA) is 42.2 Å². The summed E-state index contributed by atoms with van der Waals surface area (Å²) in [5.74, 6) is 1.30. The zero-order chi connectivity index (χ0) is 11.4. The van der Waals surface area contributed by atoms with Gasteiger partial charge in [-0.3, -0.25) is 0 Å². The van der Waals surface area contributed by atoms with Gasteiger partial charge in [0.2, 0.25) is 0 Å². The van der Waals surface area contributed by atoms with Crippen LogP contribution in [0.2, 0.25) is 0 Å². The van der Waals surface area contributed by atoms with Crippen LogP contribution in [-0.2, 0) is 4.74 Å². The van der Waals surface area contributed by atoms with E-state index < -0.39 is 0 Å². The van der Waals surface area contributed by atoms with Gasteiger partial charge in [-0.1, -0.05) is 15.9 Å². The number of rotatable bonds is 5. The first-order valence-electron chi connectivity index (χ1n) is 5.20. The van der Waals surface area contributed by atoms with E-state index in [1.807, 2.05) is 6.07 Å². The average Bonchev–Trinajstić information content (AvgIpc) is 3.09. The van der Waals surface area contributed by atoms with Crippen molar-refractivity contribution in [3.63, 3.8) is 0 Å². The summed E-state index contributed by atoms with van der Waals surface area (Å²) >= 11 is 3.31. The molecule has 0 heterocycles. The van der Waals surface area contributed by atoms with E-state index in [-0.39, 0.29) is 6.79 Å². The number of nitrogens with zero attached hydrogens (tertiary/aromatic N) is 1. The molecular formula is C12H12BrNO2. The Labute approximate surface area is 103 Å². The molecule has 0 bridgehead atoms. The lowest BCUT2D eigenvalue weighted by Crippen LogP contribution is -2.05. The summed E-state index contributed by atoms with van der Waals surface area (Å²) in [4.78, 5) is 0. The molecule has 0 aliphatic heterocycles. The van der Waals surface area contributed by atoms with Crippen LogP contribution in [0.5, 0.6) is 5.75 Å². The summed E-state index contributed by atoms with van der Waals surface area (Å²) in [5.41, 5.74) is 0.518. The van der Waals surface area contributed by atoms with Gasteiger partial charge in [0.1, 0.15) is 11.8 Å². The van der Waals surface area contributed by atoms with Crippen molar-refractivity contribution in [2.75, 3.05) is 13.4 Å². The smallest absolute Gasteiger partial charge is 0.189 e. The molecule has 1 aromatic rings. The first-order chi connectivity index (χ1) is 7.79. The van der Waals surface area contributed by atoms with Crippen LogP contribution in [0, 0.1) is 17.2 Å². The van der Waals surface area contributed by atoms with Gasteiger partial charge in [-0.2, -0.15) is 5.26 Å². The molecule has 1 aliphatic rings. The van der Waals surface area contributed by atoms with E-state index in [0.29, 0.717) is 11.3 Å². The van der Waals surface area contributed by atoms with E-state index in [9.17, 15) is 0 Å². The maximum absolute atomic E-state index is 8.91. The van der Waals surface area contributed by atoms with Crippen molar-refractivity contribution in [3.05, 3.63) is 28.2 Å². The van der Waals surface area contributed by atoms with Crippen molar-refractivity contribution in [1.82, 2.24) is 0 Å². The maximum Gasteiger partial charge on any atom is 0.189 e. The van der Waals surface area contributed by atoms with Gasteiger partial charge < -0.3 is 9.47 Å². The zero-order valence-electron chi connectivity index (χ0n) is 8.78. The Morgan fingerprint density at radius 1 is 1.44 bits per heavy atom. The minimum absolute atomic E-state index is 0.215. The van der Waals surface area contributed by atoms with Gasteiger partial charge in [0.05, 0.1) is 12.2 Å². The third-order valence-electron chi connectivity index (χ3n) is 2.41. The standard InChI is InChI=1S/C12H12BrNO2/c13-11-3-4-12(10(5-11)6-14)16-8-15-7-9-1-2-9/h3-5,9H,1-2,7-8H2. The Bertz CT molecular complexity index is 410. The summed E-state index contributed by atoms with van der Waals surface area (Å²) in [6, 6.07) is 7.43. The van der Waals surface area contributed by atoms with Crippen LogP contribution in [0.3, 0.4) is 0 Å². The second kappa shape index (κ2) is 5.33. The Balaban J connectivity index is 1.85. The zero-order valence-corrected chi connectivity index (χ0v) is 10.4. The first-order valence-corrected chi connectivity index (χ1v) is 5.99. The summed E-state index contributed by atoms with van der Waals surface area (Å²) in [6.07, 6.45) is 2.53. The predicted molar refractivity (Wildman–Crippen MR) is 63.0 cm³/mol. The van der Waals surface area contributed by atoms with E-state index in [4.69, 9.17) is 14.7 Å². The van der Waals surface area contributed by atoms with Crippen molar-refractivity contribution >= 4 is 15.9 Å². The summed E-state index contributed by atoms with van der Waals surface area (Å²) in [7, 11) is 0. The summed E-state index contributed by atoms with van der Waals surface area (Å²) < 4.78 is 11.6. The van der Waals surface area contributed by atoms with Crippen LogP contribution in [0.25, 0.3) is 0 Å². The maximum atomic E-state index is 8.91. The van der Waals surface area contributed by atoms with Crippen LogP contribution in [0.4, 0.5) is 0 Å². The lowest BCUT2D eigenvalue weighted by molar-refractivity contribution is 0.00982. The fourth-order valence-electron chi connectivity index (χ4n) is 1.32. The molecule has 0 saturated heterocycles. The number of ether oxygens (including phenoxy) is 2. The molecule has 84 valence electrons. The molecule has 3 nitrogen and oxygen atoms in total. The Kier molecular flexibility index (Phi) is 3.81. The summed E-state index contributed by atoms with van der Waals surface area (Å²) in [6.45, 7) is 0.977. The average molecular weight is 282 g/mol. The fraction of sp³-hybridized carbons (Fsp3) is 0.417. The van der Waals surface area contributed by atoms with E-state index in [0.717, 1.165) is 17.0 Å². The second-order valence-corrected chi connectivity index (χ2v) is 4.74. The number of hydrogen-bond acceptors (Lipinski definition) is 3. The van der Waals surface area contributed by atoms with Crippen LogP contribution in [-0.4, -0.2) is 13.4 Å². The molecule has 1 aliphatic carbocycles. The normalized spacial score (nSPS) is 14.5. The Morgan fingerprint density at radius 3 is 2.94 bits per heavy atom. The molecule has 0 spiro atoms. The minimum atomic E-state index is 0.215. The van der Waals surface area contributed by atoms with Gasteiger partial charge in [0, 0.05) is 4.47 Å². The van der Waals surface area contributed by atoms with Crippen molar-refractivity contribution in [2.24, 2.45) is 5.92 Å². The second-order valence-electron chi connectivity index (χ2n) is 3.83. The molecule has 1 aromatic carbocycles. The van der Waals surface area contributed by atoms with Gasteiger partial charge in [0.15, 0.2) is 6.79 Å². The van der Waals surface area contributed by atoms with E-state index in [1.54, 1.807) is 12.1 Å². The number of benzene rings is 1. The van der Waals surface area contributed by atoms with Crippen LogP contribution < -0.4 is 4.74 Å². The van der Waals surface area contributed by atoms with Gasteiger partial charge in [0.25, 0.3) is 0 Å². The molecule has 0 N–H and O–H groups in total. The van der Waals surface area contributed by atoms with Crippen molar-refractivity contribution in [3.8, 4) is 11.8 Å². The SMILES string of the molecule is N#Cc1cc(Br)ccc1OCOCC1CC1. The highest BCUT2D eigenvalue weighted by atomic mass is 79.9. The van der Waals surface area contributed by atoms with Crippen LogP contribution >= 0.6 is 15.9 Å². The monoisotopic (exact) mass is 281 g/mol. The summed E-state index contributed by atoms with van der Waals surface area (Å²) in [5, 5.41) is 8.91. The largest absolute Gasteiger partial charge is 0.466 e. The lowest BCUT2D eigenvalue weighted by atomic mass is 10.2. The number of hydrogen-bond donors (Lipinski definition) is 0.